The number of aliphatic hydroxyl groups excluding tert-OH is 1. The fraction of sp³-hybridized carbons (Fsp3) is 0.571. The van der Waals surface area contributed by atoms with Gasteiger partial charge in [0, 0.05) is 6.54 Å². The van der Waals surface area contributed by atoms with E-state index in [-0.39, 0.29) is 0 Å². The Morgan fingerprint density at radius 3 is 2.56 bits per heavy atom. The van der Waals surface area contributed by atoms with E-state index >= 15 is 0 Å². The quantitative estimate of drug-likeness (QED) is 0.832. The van der Waals surface area contributed by atoms with Crippen molar-refractivity contribution in [3.63, 3.8) is 0 Å². The summed E-state index contributed by atoms with van der Waals surface area (Å²) in [6.07, 6.45) is 2.02. The van der Waals surface area contributed by atoms with E-state index in [9.17, 15) is 5.11 Å². The van der Waals surface area contributed by atoms with E-state index in [1.54, 1.807) is 7.11 Å². The number of hydrogen-bond donors (Lipinski definition) is 1. The maximum absolute atomic E-state index is 9.93. The first kappa shape index (κ1) is 13.2. The second-order valence-corrected chi connectivity index (χ2v) is 4.62. The zero-order valence-electron chi connectivity index (χ0n) is 10.8. The molecule has 0 spiro atoms. The smallest absolute Gasteiger partial charge is 0.161 e. The molecule has 0 saturated carbocycles. The number of aliphatic hydroxyl groups is 1. The van der Waals surface area contributed by atoms with Gasteiger partial charge in [-0.15, -0.1) is 0 Å². The number of ether oxygens (including phenoxy) is 2. The van der Waals surface area contributed by atoms with Gasteiger partial charge in [-0.2, -0.15) is 0 Å². The Hall–Kier alpha value is -1.26. The molecule has 1 heterocycles. The van der Waals surface area contributed by atoms with Crippen LogP contribution in [0.4, 0.5) is 0 Å². The van der Waals surface area contributed by atoms with E-state index in [2.05, 4.69) is 4.90 Å². The molecule has 1 unspecified atom stereocenters. The van der Waals surface area contributed by atoms with Crippen LogP contribution in [-0.2, 0) is 0 Å². The van der Waals surface area contributed by atoms with Crippen molar-refractivity contribution in [1.29, 1.82) is 0 Å². The molecule has 1 aliphatic rings. The van der Waals surface area contributed by atoms with E-state index < -0.39 is 6.10 Å². The molecule has 2 rings (SSSR count). The average molecular weight is 251 g/mol. The maximum atomic E-state index is 9.93. The Morgan fingerprint density at radius 1 is 1.22 bits per heavy atom. The van der Waals surface area contributed by atoms with E-state index in [1.165, 1.54) is 12.8 Å². The third-order valence-corrected chi connectivity index (χ3v) is 3.17. The Balaban J connectivity index is 1.79. The summed E-state index contributed by atoms with van der Waals surface area (Å²) in [5, 5.41) is 9.93. The van der Waals surface area contributed by atoms with Crippen LogP contribution in [0, 0.1) is 0 Å². The van der Waals surface area contributed by atoms with Crippen LogP contribution in [0.1, 0.15) is 12.8 Å². The Kier molecular flexibility index (Phi) is 4.84. The molecule has 0 amide bonds. The van der Waals surface area contributed by atoms with Gasteiger partial charge in [0.2, 0.25) is 0 Å². The number of rotatable bonds is 6. The zero-order chi connectivity index (χ0) is 12.8. The van der Waals surface area contributed by atoms with Gasteiger partial charge in [-0.1, -0.05) is 12.1 Å². The van der Waals surface area contributed by atoms with Gasteiger partial charge >= 0.3 is 0 Å². The van der Waals surface area contributed by atoms with E-state index in [4.69, 9.17) is 9.47 Å². The van der Waals surface area contributed by atoms with E-state index in [0.717, 1.165) is 13.1 Å². The molecule has 100 valence electrons. The predicted molar refractivity (Wildman–Crippen MR) is 70.2 cm³/mol. The van der Waals surface area contributed by atoms with Gasteiger partial charge in [-0.05, 0) is 38.1 Å². The molecule has 1 fully saturated rings. The van der Waals surface area contributed by atoms with Crippen LogP contribution in [0.5, 0.6) is 11.5 Å². The van der Waals surface area contributed by atoms with Gasteiger partial charge < -0.3 is 19.5 Å². The summed E-state index contributed by atoms with van der Waals surface area (Å²) in [6.45, 7) is 3.17. The lowest BCUT2D eigenvalue weighted by Gasteiger charge is -2.20. The number of hydrogen-bond acceptors (Lipinski definition) is 4. The third-order valence-electron chi connectivity index (χ3n) is 3.17. The van der Waals surface area contributed by atoms with Crippen LogP contribution in [0.15, 0.2) is 24.3 Å². The Morgan fingerprint density at radius 2 is 1.89 bits per heavy atom. The van der Waals surface area contributed by atoms with Crippen LogP contribution in [0.25, 0.3) is 0 Å². The molecular weight excluding hydrogens is 230 g/mol. The first-order chi connectivity index (χ1) is 8.79. The highest BCUT2D eigenvalue weighted by molar-refractivity contribution is 5.39. The van der Waals surface area contributed by atoms with Crippen molar-refractivity contribution in [2.75, 3.05) is 33.4 Å². The van der Waals surface area contributed by atoms with Gasteiger partial charge in [-0.25, -0.2) is 0 Å². The normalized spacial score (nSPS) is 17.7. The number of benzene rings is 1. The summed E-state index contributed by atoms with van der Waals surface area (Å²) < 4.78 is 10.8. The minimum atomic E-state index is -0.451. The summed E-state index contributed by atoms with van der Waals surface area (Å²) in [5.74, 6) is 1.38. The topological polar surface area (TPSA) is 41.9 Å². The lowest BCUT2D eigenvalue weighted by Crippen LogP contribution is -2.33. The average Bonchev–Trinajstić information content (AvgIpc) is 2.89. The molecule has 1 N–H and O–H groups in total. The highest BCUT2D eigenvalue weighted by atomic mass is 16.5. The fourth-order valence-electron chi connectivity index (χ4n) is 2.24. The number of methoxy groups -OCH3 is 1. The molecule has 1 aromatic rings. The molecule has 0 aromatic heterocycles. The number of β-amino-alcohol motifs (C(OH)–C–C–N with tert-alkyl or cyclic N) is 1. The van der Waals surface area contributed by atoms with Crippen LogP contribution in [0.2, 0.25) is 0 Å². The molecule has 0 radical (unpaired) electrons. The molecule has 1 aromatic carbocycles. The SMILES string of the molecule is COc1ccccc1OCC(O)CN1CCCC1. The molecule has 4 nitrogen and oxygen atoms in total. The lowest BCUT2D eigenvalue weighted by molar-refractivity contribution is 0.0747. The first-order valence-corrected chi connectivity index (χ1v) is 6.46. The maximum Gasteiger partial charge on any atom is 0.161 e. The van der Waals surface area contributed by atoms with Crippen LogP contribution >= 0.6 is 0 Å². The van der Waals surface area contributed by atoms with Crippen molar-refractivity contribution in [2.45, 2.75) is 18.9 Å². The van der Waals surface area contributed by atoms with Crippen molar-refractivity contribution in [1.82, 2.24) is 4.90 Å². The van der Waals surface area contributed by atoms with Crippen LogP contribution < -0.4 is 9.47 Å². The van der Waals surface area contributed by atoms with Gasteiger partial charge in [-0.3, -0.25) is 0 Å². The summed E-state index contributed by atoms with van der Waals surface area (Å²) in [7, 11) is 1.61. The molecule has 1 atom stereocenters. The predicted octanol–water partition coefficient (Wildman–Crippen LogP) is 1.53. The number of nitrogens with zero attached hydrogens (tertiary/aromatic N) is 1. The van der Waals surface area contributed by atoms with Gasteiger partial charge in [0.15, 0.2) is 11.5 Å². The monoisotopic (exact) mass is 251 g/mol. The molecule has 4 heteroatoms. The molecule has 18 heavy (non-hydrogen) atoms. The largest absolute Gasteiger partial charge is 0.493 e. The standard InChI is InChI=1S/C14H21NO3/c1-17-13-6-2-3-7-14(13)18-11-12(16)10-15-8-4-5-9-15/h2-3,6-7,12,16H,4-5,8-11H2,1H3. The fourth-order valence-corrected chi connectivity index (χ4v) is 2.24. The van der Waals surface area contributed by atoms with Gasteiger partial charge in [0.1, 0.15) is 12.7 Å². The summed E-state index contributed by atoms with van der Waals surface area (Å²) in [4.78, 5) is 2.27. The third kappa shape index (κ3) is 3.62. The van der Waals surface area contributed by atoms with E-state index in [0.29, 0.717) is 24.7 Å². The lowest BCUT2D eigenvalue weighted by atomic mass is 10.3. The zero-order valence-corrected chi connectivity index (χ0v) is 10.8. The highest BCUT2D eigenvalue weighted by Gasteiger charge is 2.16. The summed E-state index contributed by atoms with van der Waals surface area (Å²) in [6, 6.07) is 7.49. The Bertz CT molecular complexity index is 364. The second kappa shape index (κ2) is 6.61. The van der Waals surface area contributed by atoms with Crippen molar-refractivity contribution in [3.8, 4) is 11.5 Å². The van der Waals surface area contributed by atoms with Crippen molar-refractivity contribution in [3.05, 3.63) is 24.3 Å². The summed E-state index contributed by atoms with van der Waals surface area (Å²) in [5.41, 5.74) is 0. The van der Waals surface area contributed by atoms with Crippen molar-refractivity contribution >= 4 is 0 Å². The van der Waals surface area contributed by atoms with Crippen molar-refractivity contribution in [2.24, 2.45) is 0 Å². The summed E-state index contributed by atoms with van der Waals surface area (Å²) >= 11 is 0. The first-order valence-electron chi connectivity index (χ1n) is 6.46. The molecule has 0 bridgehead atoms. The number of para-hydroxylation sites is 2. The second-order valence-electron chi connectivity index (χ2n) is 4.62. The minimum Gasteiger partial charge on any atom is -0.493 e. The molecule has 1 aliphatic heterocycles. The Labute approximate surface area is 108 Å². The molecule has 1 saturated heterocycles. The van der Waals surface area contributed by atoms with Crippen LogP contribution in [0.3, 0.4) is 0 Å². The highest BCUT2D eigenvalue weighted by Crippen LogP contribution is 2.25. The van der Waals surface area contributed by atoms with E-state index in [1.807, 2.05) is 24.3 Å². The molecule has 0 aliphatic carbocycles. The number of likely N-dealkylation sites (tertiary alicyclic amines) is 1. The molecular formula is C14H21NO3. The minimum absolute atomic E-state index is 0.302. The van der Waals surface area contributed by atoms with Crippen LogP contribution in [-0.4, -0.2) is 49.5 Å². The van der Waals surface area contributed by atoms with Gasteiger partial charge in [0.25, 0.3) is 0 Å². The van der Waals surface area contributed by atoms with Crippen molar-refractivity contribution < 1.29 is 14.6 Å². The van der Waals surface area contributed by atoms with Gasteiger partial charge in [0.05, 0.1) is 7.11 Å².